The zero-order chi connectivity index (χ0) is 21.3. The molecule has 0 heterocycles. The Kier molecular flexibility index (Phi) is 5.29. The molecule has 0 saturated heterocycles. The molecule has 0 aliphatic heterocycles. The quantitative estimate of drug-likeness (QED) is 0.555. The van der Waals surface area contributed by atoms with Gasteiger partial charge in [-0.15, -0.1) is 0 Å². The summed E-state index contributed by atoms with van der Waals surface area (Å²) in [7, 11) is 1.87. The van der Waals surface area contributed by atoms with Crippen LogP contribution in [0.1, 0.15) is 43.0 Å². The van der Waals surface area contributed by atoms with Gasteiger partial charge in [0.05, 0.1) is 17.8 Å². The van der Waals surface area contributed by atoms with Crippen molar-refractivity contribution in [2.45, 2.75) is 13.5 Å². The third-order valence-corrected chi connectivity index (χ3v) is 5.34. The summed E-state index contributed by atoms with van der Waals surface area (Å²) in [5.74, 6) is -0.684. The van der Waals surface area contributed by atoms with Crippen molar-refractivity contribution >= 4 is 23.2 Å². The maximum absolute atomic E-state index is 13.0. The number of amides is 1. The molecule has 150 valence electrons. The Morgan fingerprint density at radius 3 is 2.20 bits per heavy atom. The zero-order valence-electron chi connectivity index (χ0n) is 16.9. The summed E-state index contributed by atoms with van der Waals surface area (Å²) in [6.07, 6.45) is 0. The van der Waals surface area contributed by atoms with Crippen molar-refractivity contribution in [3.05, 3.63) is 100 Å². The Morgan fingerprint density at radius 2 is 1.47 bits per heavy atom. The molecule has 0 bridgehead atoms. The minimum atomic E-state index is -0.246. The van der Waals surface area contributed by atoms with Gasteiger partial charge in [0.2, 0.25) is 5.91 Å². The van der Waals surface area contributed by atoms with Gasteiger partial charge >= 0.3 is 0 Å². The number of fused-ring (bicyclic) bond motifs is 2. The Hall–Kier alpha value is -3.57. The van der Waals surface area contributed by atoms with Crippen molar-refractivity contribution in [1.82, 2.24) is 4.90 Å². The lowest BCUT2D eigenvalue weighted by molar-refractivity contribution is -0.117. The fourth-order valence-electron chi connectivity index (χ4n) is 3.82. The molecule has 1 aliphatic carbocycles. The van der Waals surface area contributed by atoms with E-state index in [0.717, 1.165) is 5.56 Å². The maximum Gasteiger partial charge on any atom is 0.238 e. The fraction of sp³-hybridized carbons (Fsp3) is 0.160. The lowest BCUT2D eigenvalue weighted by Crippen LogP contribution is -2.31. The van der Waals surface area contributed by atoms with E-state index in [2.05, 4.69) is 5.32 Å². The number of ketones is 2. The van der Waals surface area contributed by atoms with Crippen molar-refractivity contribution in [2.24, 2.45) is 0 Å². The molecule has 0 spiro atoms. The zero-order valence-corrected chi connectivity index (χ0v) is 16.9. The molecule has 1 aliphatic rings. The Morgan fingerprint density at radius 1 is 0.833 bits per heavy atom. The highest BCUT2D eigenvalue weighted by Crippen LogP contribution is 2.31. The third-order valence-electron chi connectivity index (χ3n) is 5.34. The van der Waals surface area contributed by atoms with Gasteiger partial charge in [0.1, 0.15) is 0 Å². The van der Waals surface area contributed by atoms with Gasteiger partial charge in [-0.25, -0.2) is 0 Å². The average Bonchev–Trinajstić information content (AvgIpc) is 2.73. The average molecular weight is 398 g/mol. The van der Waals surface area contributed by atoms with Crippen molar-refractivity contribution < 1.29 is 14.4 Å². The van der Waals surface area contributed by atoms with Gasteiger partial charge < -0.3 is 5.32 Å². The molecule has 30 heavy (non-hydrogen) atoms. The van der Waals surface area contributed by atoms with Crippen LogP contribution in [-0.4, -0.2) is 36.0 Å². The highest BCUT2D eigenvalue weighted by molar-refractivity contribution is 6.30. The molecule has 5 heteroatoms. The lowest BCUT2D eigenvalue weighted by Gasteiger charge is -2.21. The van der Waals surface area contributed by atoms with Gasteiger partial charge in [-0.1, -0.05) is 60.7 Å². The standard InChI is InChI=1S/C25H22N2O3/c1-16-8-3-4-9-17(16)14-27(2)15-22(28)26-21-13-7-12-20-23(21)25(30)19-11-6-5-10-18(19)24(20)29/h3-13H,14-15H2,1-2H3,(H,26,28). The second-order valence-corrected chi connectivity index (χ2v) is 7.58. The summed E-state index contributed by atoms with van der Waals surface area (Å²) < 4.78 is 0. The highest BCUT2D eigenvalue weighted by atomic mass is 16.2. The van der Waals surface area contributed by atoms with E-state index in [-0.39, 0.29) is 29.6 Å². The van der Waals surface area contributed by atoms with Crippen LogP contribution in [0.25, 0.3) is 0 Å². The second-order valence-electron chi connectivity index (χ2n) is 7.58. The number of carbonyl (C=O) groups is 3. The van der Waals surface area contributed by atoms with E-state index in [4.69, 9.17) is 0 Å². The third kappa shape index (κ3) is 3.67. The first-order valence-corrected chi connectivity index (χ1v) is 9.80. The summed E-state index contributed by atoms with van der Waals surface area (Å²) in [4.78, 5) is 40.5. The maximum atomic E-state index is 13.0. The van der Waals surface area contributed by atoms with Gasteiger partial charge in [-0.2, -0.15) is 0 Å². The molecular weight excluding hydrogens is 376 g/mol. The molecule has 0 aromatic heterocycles. The molecule has 1 N–H and O–H groups in total. The van der Waals surface area contributed by atoms with E-state index >= 15 is 0 Å². The van der Waals surface area contributed by atoms with Crippen molar-refractivity contribution in [3.8, 4) is 0 Å². The number of anilines is 1. The van der Waals surface area contributed by atoms with Crippen LogP contribution in [0.3, 0.4) is 0 Å². The Bertz CT molecular complexity index is 1170. The molecule has 5 nitrogen and oxygen atoms in total. The predicted molar refractivity (Wildman–Crippen MR) is 116 cm³/mol. The largest absolute Gasteiger partial charge is 0.324 e. The number of rotatable bonds is 5. The monoisotopic (exact) mass is 398 g/mol. The van der Waals surface area contributed by atoms with Gasteiger partial charge in [-0.3, -0.25) is 19.3 Å². The second kappa shape index (κ2) is 8.05. The van der Waals surface area contributed by atoms with Gasteiger partial charge in [0.15, 0.2) is 11.6 Å². The van der Waals surface area contributed by atoms with Crippen LogP contribution in [0.5, 0.6) is 0 Å². The van der Waals surface area contributed by atoms with Gasteiger partial charge in [0.25, 0.3) is 0 Å². The summed E-state index contributed by atoms with van der Waals surface area (Å²) in [6.45, 7) is 2.84. The Balaban J connectivity index is 1.53. The van der Waals surface area contributed by atoms with Crippen LogP contribution < -0.4 is 5.32 Å². The molecule has 3 aromatic carbocycles. The molecular formula is C25H22N2O3. The fourth-order valence-corrected chi connectivity index (χ4v) is 3.82. The van der Waals surface area contributed by atoms with Crippen LogP contribution in [0.4, 0.5) is 5.69 Å². The first-order valence-electron chi connectivity index (χ1n) is 9.80. The molecule has 0 atom stereocenters. The minimum Gasteiger partial charge on any atom is -0.324 e. The normalized spacial score (nSPS) is 12.5. The number of carbonyl (C=O) groups excluding carboxylic acids is 3. The number of hydrogen-bond acceptors (Lipinski definition) is 4. The van der Waals surface area contributed by atoms with Crippen LogP contribution in [0.15, 0.2) is 66.7 Å². The molecule has 0 radical (unpaired) electrons. The molecule has 0 unspecified atom stereocenters. The summed E-state index contributed by atoms with van der Waals surface area (Å²) in [6, 6.07) is 19.8. The number of likely N-dealkylation sites (N-methyl/N-ethyl adjacent to an activating group) is 1. The number of aryl methyl sites for hydroxylation is 1. The SMILES string of the molecule is Cc1ccccc1CN(C)CC(=O)Nc1cccc2c1C(=O)c1ccccc1C2=O. The first-order chi connectivity index (χ1) is 14.5. The smallest absolute Gasteiger partial charge is 0.238 e. The van der Waals surface area contributed by atoms with E-state index in [1.807, 2.05) is 43.1 Å². The summed E-state index contributed by atoms with van der Waals surface area (Å²) in [5, 5.41) is 2.83. The van der Waals surface area contributed by atoms with E-state index in [0.29, 0.717) is 28.9 Å². The molecule has 3 aromatic rings. The van der Waals surface area contributed by atoms with Gasteiger partial charge in [0, 0.05) is 23.2 Å². The molecule has 0 saturated carbocycles. The van der Waals surface area contributed by atoms with Crippen molar-refractivity contribution in [2.75, 3.05) is 18.9 Å². The van der Waals surface area contributed by atoms with E-state index in [1.54, 1.807) is 42.5 Å². The highest BCUT2D eigenvalue weighted by Gasteiger charge is 2.31. The number of benzene rings is 3. The van der Waals surface area contributed by atoms with E-state index in [1.165, 1.54) is 5.56 Å². The van der Waals surface area contributed by atoms with E-state index in [9.17, 15) is 14.4 Å². The number of nitrogens with zero attached hydrogens (tertiary/aromatic N) is 1. The molecule has 4 rings (SSSR count). The topological polar surface area (TPSA) is 66.5 Å². The minimum absolute atomic E-state index is 0.163. The van der Waals surface area contributed by atoms with Crippen LogP contribution in [-0.2, 0) is 11.3 Å². The number of hydrogen-bond donors (Lipinski definition) is 1. The van der Waals surface area contributed by atoms with Crippen molar-refractivity contribution in [1.29, 1.82) is 0 Å². The van der Waals surface area contributed by atoms with Crippen molar-refractivity contribution in [3.63, 3.8) is 0 Å². The summed E-state index contributed by atoms with van der Waals surface area (Å²) in [5.41, 5.74) is 4.05. The van der Waals surface area contributed by atoms with Crippen LogP contribution in [0.2, 0.25) is 0 Å². The lowest BCUT2D eigenvalue weighted by atomic mass is 9.83. The predicted octanol–water partition coefficient (Wildman–Crippen LogP) is 3.84. The van der Waals surface area contributed by atoms with Crippen LogP contribution >= 0.6 is 0 Å². The van der Waals surface area contributed by atoms with Crippen LogP contribution in [0, 0.1) is 6.92 Å². The first kappa shape index (κ1) is 19.7. The number of nitrogens with one attached hydrogen (secondary N) is 1. The summed E-state index contributed by atoms with van der Waals surface area (Å²) >= 11 is 0. The molecule has 1 amide bonds. The Labute approximate surface area is 175 Å². The molecule has 0 fully saturated rings. The van der Waals surface area contributed by atoms with Gasteiger partial charge in [-0.05, 0) is 31.2 Å². The van der Waals surface area contributed by atoms with E-state index < -0.39 is 0 Å².